The molecule has 0 fully saturated rings. The molecule has 1 aromatic heterocycles. The molecule has 2 aromatic rings. The van der Waals surface area contributed by atoms with E-state index in [9.17, 15) is 5.11 Å². The van der Waals surface area contributed by atoms with Crippen LogP contribution in [-0.4, -0.2) is 48.0 Å². The Balaban J connectivity index is 2.03. The molecule has 0 aliphatic rings. The standard InChI is InChI=1S/C19H30N6O/c1-6-20-18(21-11-15-8-7-9-17(10-15)24(3)4)22-14-19(2,26)16-12-23-25(5)13-16/h7-10,12-13,26H,6,11,14H2,1-5H3,(H2,20,21,22). The highest BCUT2D eigenvalue weighted by Gasteiger charge is 2.24. The Morgan fingerprint density at radius 2 is 2.12 bits per heavy atom. The average Bonchev–Trinajstić information content (AvgIpc) is 3.05. The number of aliphatic hydroxyl groups is 1. The molecule has 1 aromatic carbocycles. The Morgan fingerprint density at radius 3 is 2.73 bits per heavy atom. The van der Waals surface area contributed by atoms with Crippen LogP contribution in [0.5, 0.6) is 0 Å². The molecule has 1 unspecified atom stereocenters. The Hall–Kier alpha value is -2.54. The number of guanidine groups is 1. The van der Waals surface area contributed by atoms with Crippen molar-refractivity contribution in [1.82, 2.24) is 20.4 Å². The first-order valence-corrected chi connectivity index (χ1v) is 8.82. The molecule has 3 N–H and O–H groups in total. The van der Waals surface area contributed by atoms with Crippen LogP contribution in [0.4, 0.5) is 5.69 Å². The Labute approximate surface area is 155 Å². The Bertz CT molecular complexity index is 735. The number of benzene rings is 1. The lowest BCUT2D eigenvalue weighted by atomic mass is 10.00. The molecule has 2 rings (SSSR count). The molecule has 1 atom stereocenters. The van der Waals surface area contributed by atoms with E-state index in [-0.39, 0.29) is 0 Å². The maximum absolute atomic E-state index is 10.7. The van der Waals surface area contributed by atoms with Gasteiger partial charge in [0.25, 0.3) is 0 Å². The number of hydrogen-bond acceptors (Lipinski definition) is 4. The van der Waals surface area contributed by atoms with Crippen molar-refractivity contribution >= 4 is 11.6 Å². The van der Waals surface area contributed by atoms with E-state index >= 15 is 0 Å². The quantitative estimate of drug-likeness (QED) is 0.516. The van der Waals surface area contributed by atoms with Crippen molar-refractivity contribution in [2.45, 2.75) is 26.0 Å². The van der Waals surface area contributed by atoms with E-state index in [2.05, 4.69) is 43.8 Å². The third-order valence-corrected chi connectivity index (χ3v) is 4.12. The van der Waals surface area contributed by atoms with Crippen LogP contribution in [0.15, 0.2) is 41.7 Å². The number of aromatic nitrogens is 2. The number of anilines is 1. The summed E-state index contributed by atoms with van der Waals surface area (Å²) in [6.45, 7) is 5.43. The monoisotopic (exact) mass is 358 g/mol. The van der Waals surface area contributed by atoms with E-state index in [1.54, 1.807) is 17.8 Å². The van der Waals surface area contributed by atoms with Gasteiger partial charge in [0.2, 0.25) is 0 Å². The zero-order valence-corrected chi connectivity index (χ0v) is 16.3. The summed E-state index contributed by atoms with van der Waals surface area (Å²) < 4.78 is 1.68. The molecule has 26 heavy (non-hydrogen) atoms. The summed E-state index contributed by atoms with van der Waals surface area (Å²) in [5.41, 5.74) is 2.01. The van der Waals surface area contributed by atoms with E-state index in [1.807, 2.05) is 40.3 Å². The fraction of sp³-hybridized carbons (Fsp3) is 0.474. The summed E-state index contributed by atoms with van der Waals surface area (Å²) in [7, 11) is 5.88. The SMILES string of the molecule is CCNC(=NCc1cccc(N(C)C)c1)NCC(C)(O)c1cnn(C)c1. The molecule has 0 radical (unpaired) electrons. The van der Waals surface area contributed by atoms with Gasteiger partial charge < -0.3 is 20.6 Å². The zero-order valence-electron chi connectivity index (χ0n) is 16.3. The molecule has 142 valence electrons. The first-order chi connectivity index (χ1) is 12.3. The third kappa shape index (κ3) is 5.49. The molecule has 7 nitrogen and oxygen atoms in total. The highest BCUT2D eigenvalue weighted by molar-refractivity contribution is 5.79. The van der Waals surface area contributed by atoms with Gasteiger partial charge in [-0.05, 0) is 31.5 Å². The number of hydrogen-bond donors (Lipinski definition) is 3. The van der Waals surface area contributed by atoms with E-state index in [4.69, 9.17) is 0 Å². The maximum Gasteiger partial charge on any atom is 0.191 e. The third-order valence-electron chi connectivity index (χ3n) is 4.12. The van der Waals surface area contributed by atoms with Crippen LogP contribution in [0.3, 0.4) is 0 Å². The second kappa shape index (κ2) is 8.71. The van der Waals surface area contributed by atoms with Gasteiger partial charge in [-0.15, -0.1) is 0 Å². The van der Waals surface area contributed by atoms with E-state index in [0.717, 1.165) is 23.4 Å². The lowest BCUT2D eigenvalue weighted by molar-refractivity contribution is 0.0616. The zero-order chi connectivity index (χ0) is 19.2. The molecule has 0 saturated carbocycles. The molecule has 0 spiro atoms. The lowest BCUT2D eigenvalue weighted by Crippen LogP contribution is -2.44. The molecule has 0 amide bonds. The summed E-state index contributed by atoms with van der Waals surface area (Å²) in [6.07, 6.45) is 3.50. The van der Waals surface area contributed by atoms with Gasteiger partial charge in [-0.25, -0.2) is 4.99 Å². The number of aliphatic imine (C=N–C) groups is 1. The van der Waals surface area contributed by atoms with Gasteiger partial charge in [0.15, 0.2) is 5.96 Å². The van der Waals surface area contributed by atoms with Gasteiger partial charge in [0.05, 0.1) is 19.3 Å². The second-order valence-corrected chi connectivity index (χ2v) is 6.79. The number of nitrogens with one attached hydrogen (secondary N) is 2. The van der Waals surface area contributed by atoms with E-state index < -0.39 is 5.60 Å². The van der Waals surface area contributed by atoms with Crippen molar-refractivity contribution in [3.05, 3.63) is 47.8 Å². The number of rotatable bonds is 7. The predicted molar refractivity (Wildman–Crippen MR) is 106 cm³/mol. The van der Waals surface area contributed by atoms with Crippen molar-refractivity contribution in [3.63, 3.8) is 0 Å². The highest BCUT2D eigenvalue weighted by Crippen LogP contribution is 2.18. The van der Waals surface area contributed by atoms with Gasteiger partial charge in [0, 0.05) is 45.1 Å². The van der Waals surface area contributed by atoms with Crippen molar-refractivity contribution in [3.8, 4) is 0 Å². The average molecular weight is 358 g/mol. The minimum absolute atomic E-state index is 0.336. The molecular formula is C19H30N6O. The Morgan fingerprint density at radius 1 is 1.35 bits per heavy atom. The van der Waals surface area contributed by atoms with Crippen LogP contribution >= 0.6 is 0 Å². The van der Waals surface area contributed by atoms with Crippen LogP contribution in [0.2, 0.25) is 0 Å². The molecule has 0 aliphatic carbocycles. The van der Waals surface area contributed by atoms with Crippen LogP contribution < -0.4 is 15.5 Å². The van der Waals surface area contributed by atoms with Crippen molar-refractivity contribution in [2.24, 2.45) is 12.0 Å². The van der Waals surface area contributed by atoms with Gasteiger partial charge in [-0.1, -0.05) is 12.1 Å². The second-order valence-electron chi connectivity index (χ2n) is 6.79. The smallest absolute Gasteiger partial charge is 0.191 e. The molecule has 0 aliphatic heterocycles. The van der Waals surface area contributed by atoms with Crippen LogP contribution in [0.25, 0.3) is 0 Å². The van der Waals surface area contributed by atoms with Crippen molar-refractivity contribution < 1.29 is 5.11 Å². The summed E-state index contributed by atoms with van der Waals surface area (Å²) >= 11 is 0. The molecule has 0 saturated heterocycles. The topological polar surface area (TPSA) is 77.7 Å². The van der Waals surface area contributed by atoms with Gasteiger partial charge >= 0.3 is 0 Å². The van der Waals surface area contributed by atoms with Crippen LogP contribution in [-0.2, 0) is 19.2 Å². The van der Waals surface area contributed by atoms with Crippen LogP contribution in [0.1, 0.15) is 25.0 Å². The predicted octanol–water partition coefficient (Wildman–Crippen LogP) is 1.45. The maximum atomic E-state index is 10.7. The summed E-state index contributed by atoms with van der Waals surface area (Å²) in [6, 6.07) is 8.29. The number of nitrogens with zero attached hydrogens (tertiary/aromatic N) is 4. The fourth-order valence-electron chi connectivity index (χ4n) is 2.50. The van der Waals surface area contributed by atoms with Gasteiger partial charge in [0.1, 0.15) is 5.60 Å². The number of aryl methyl sites for hydroxylation is 1. The fourth-order valence-corrected chi connectivity index (χ4v) is 2.50. The van der Waals surface area contributed by atoms with Crippen molar-refractivity contribution in [2.75, 3.05) is 32.1 Å². The largest absolute Gasteiger partial charge is 0.383 e. The first kappa shape index (κ1) is 19.8. The molecule has 1 heterocycles. The van der Waals surface area contributed by atoms with Crippen molar-refractivity contribution in [1.29, 1.82) is 0 Å². The lowest BCUT2D eigenvalue weighted by Gasteiger charge is -2.23. The van der Waals surface area contributed by atoms with E-state index in [0.29, 0.717) is 19.0 Å². The molecular weight excluding hydrogens is 328 g/mol. The first-order valence-electron chi connectivity index (χ1n) is 8.82. The van der Waals surface area contributed by atoms with Crippen LogP contribution in [0, 0.1) is 0 Å². The van der Waals surface area contributed by atoms with E-state index in [1.165, 1.54) is 0 Å². The summed E-state index contributed by atoms with van der Waals surface area (Å²) in [5, 5.41) is 21.3. The summed E-state index contributed by atoms with van der Waals surface area (Å²) in [4.78, 5) is 6.70. The highest BCUT2D eigenvalue weighted by atomic mass is 16.3. The van der Waals surface area contributed by atoms with Gasteiger partial charge in [-0.2, -0.15) is 5.10 Å². The summed E-state index contributed by atoms with van der Waals surface area (Å²) in [5.74, 6) is 0.673. The minimum atomic E-state index is -1.03. The minimum Gasteiger partial charge on any atom is -0.383 e. The van der Waals surface area contributed by atoms with Gasteiger partial charge in [-0.3, -0.25) is 4.68 Å². The normalized spacial score (nSPS) is 14.0. The Kier molecular flexibility index (Phi) is 6.63. The molecule has 7 heteroatoms. The molecule has 0 bridgehead atoms.